The molecule has 2 N–H and O–H groups in total. The number of nitrogens with zero attached hydrogens (tertiary/aromatic N) is 1. The van der Waals surface area contributed by atoms with Crippen molar-refractivity contribution < 1.29 is 9.59 Å². The van der Waals surface area contributed by atoms with E-state index in [9.17, 15) is 14.4 Å². The second-order valence-electron chi connectivity index (χ2n) is 7.36. The Balaban J connectivity index is 1.55. The maximum absolute atomic E-state index is 13.1. The minimum Gasteiger partial charge on any atom is -0.348 e. The van der Waals surface area contributed by atoms with Crippen molar-refractivity contribution in [1.29, 1.82) is 0 Å². The number of hydrogen-bond donors (Lipinski definition) is 2. The predicted octanol–water partition coefficient (Wildman–Crippen LogP) is 3.73. The van der Waals surface area contributed by atoms with Gasteiger partial charge in [-0.3, -0.25) is 19.0 Å². The van der Waals surface area contributed by atoms with Gasteiger partial charge in [-0.1, -0.05) is 41.7 Å². The number of fused-ring (bicyclic) bond motifs is 1. The number of benzene rings is 1. The van der Waals surface area contributed by atoms with Crippen LogP contribution < -0.4 is 15.5 Å². The fraction of sp³-hybridized carbons (Fsp3) is 0.318. The summed E-state index contributed by atoms with van der Waals surface area (Å²) in [6, 6.07) is 9.75. The lowest BCUT2D eigenvalue weighted by molar-refractivity contribution is -0.116. The van der Waals surface area contributed by atoms with E-state index in [1.807, 2.05) is 30.3 Å². The molecule has 0 saturated carbocycles. The Labute approximate surface area is 182 Å². The van der Waals surface area contributed by atoms with E-state index in [1.165, 1.54) is 20.8 Å². The van der Waals surface area contributed by atoms with Crippen LogP contribution in [0.1, 0.15) is 44.9 Å². The average molecular weight is 442 g/mol. The van der Waals surface area contributed by atoms with E-state index in [1.54, 1.807) is 12.3 Å². The Morgan fingerprint density at radius 2 is 1.90 bits per heavy atom. The van der Waals surface area contributed by atoms with Crippen LogP contribution in [0.5, 0.6) is 0 Å². The van der Waals surface area contributed by atoms with Crippen LogP contribution in [0.25, 0.3) is 0 Å². The SMILES string of the molecule is Cc1csc(=O)n1CC(=O)Nc1sc2c(c1C(=O)NCc1ccccc1)CCCC2. The monoisotopic (exact) mass is 441 g/mol. The van der Waals surface area contributed by atoms with Crippen molar-refractivity contribution >= 4 is 39.5 Å². The first kappa shape index (κ1) is 20.6. The minimum atomic E-state index is -0.297. The zero-order valence-corrected chi connectivity index (χ0v) is 18.3. The molecule has 1 aliphatic carbocycles. The van der Waals surface area contributed by atoms with E-state index in [2.05, 4.69) is 10.6 Å². The predicted molar refractivity (Wildman–Crippen MR) is 121 cm³/mol. The highest BCUT2D eigenvalue weighted by Crippen LogP contribution is 2.38. The number of hydrogen-bond acceptors (Lipinski definition) is 5. The van der Waals surface area contributed by atoms with Crippen molar-refractivity contribution in [2.45, 2.75) is 45.7 Å². The summed E-state index contributed by atoms with van der Waals surface area (Å²) in [5.41, 5.74) is 3.41. The molecule has 0 saturated heterocycles. The first-order chi connectivity index (χ1) is 14.5. The molecule has 3 aromatic rings. The molecule has 0 atom stereocenters. The zero-order chi connectivity index (χ0) is 21.1. The number of aryl methyl sites for hydroxylation is 2. The first-order valence-corrected chi connectivity index (χ1v) is 11.6. The number of amides is 2. The average Bonchev–Trinajstić information content (AvgIpc) is 3.27. The first-order valence-electron chi connectivity index (χ1n) is 9.94. The molecule has 2 amide bonds. The minimum absolute atomic E-state index is 0.0538. The number of thiazole rings is 1. The summed E-state index contributed by atoms with van der Waals surface area (Å²) in [5.74, 6) is -0.466. The van der Waals surface area contributed by atoms with Crippen molar-refractivity contribution in [3.05, 3.63) is 72.6 Å². The summed E-state index contributed by atoms with van der Waals surface area (Å²) in [7, 11) is 0. The summed E-state index contributed by atoms with van der Waals surface area (Å²) < 4.78 is 1.45. The molecule has 4 rings (SSSR count). The van der Waals surface area contributed by atoms with Gasteiger partial charge in [-0.25, -0.2) is 0 Å². The fourth-order valence-electron chi connectivity index (χ4n) is 3.67. The van der Waals surface area contributed by atoms with Crippen LogP contribution in [0.3, 0.4) is 0 Å². The Bertz CT molecular complexity index is 1130. The largest absolute Gasteiger partial charge is 0.348 e. The Morgan fingerprint density at radius 1 is 1.13 bits per heavy atom. The van der Waals surface area contributed by atoms with Crippen LogP contribution in [0.15, 0.2) is 40.5 Å². The lowest BCUT2D eigenvalue weighted by atomic mass is 9.95. The van der Waals surface area contributed by atoms with E-state index in [0.717, 1.165) is 53.8 Å². The molecule has 2 heterocycles. The van der Waals surface area contributed by atoms with Gasteiger partial charge in [0.2, 0.25) is 5.91 Å². The number of aromatic nitrogens is 1. The van der Waals surface area contributed by atoms with Gasteiger partial charge in [-0.2, -0.15) is 0 Å². The van der Waals surface area contributed by atoms with Crippen LogP contribution >= 0.6 is 22.7 Å². The molecule has 0 aliphatic heterocycles. The van der Waals surface area contributed by atoms with Crippen LogP contribution in [0.2, 0.25) is 0 Å². The molecule has 30 heavy (non-hydrogen) atoms. The molecule has 2 aromatic heterocycles. The van der Waals surface area contributed by atoms with Gasteiger partial charge < -0.3 is 10.6 Å². The number of thiophene rings is 1. The highest BCUT2D eigenvalue weighted by atomic mass is 32.1. The van der Waals surface area contributed by atoms with Crippen molar-refractivity contribution in [3.63, 3.8) is 0 Å². The number of carbonyl (C=O) groups is 2. The standard InChI is InChI=1S/C22H23N3O3S2/c1-14-13-29-22(28)25(14)12-18(26)24-21-19(16-9-5-6-10-17(16)30-21)20(27)23-11-15-7-3-2-4-8-15/h2-4,7-8,13H,5-6,9-12H2,1H3,(H,23,27)(H,24,26). The lowest BCUT2D eigenvalue weighted by Crippen LogP contribution is -2.27. The second kappa shape index (κ2) is 8.97. The van der Waals surface area contributed by atoms with Gasteiger partial charge in [0.05, 0.1) is 5.56 Å². The number of nitrogens with one attached hydrogen (secondary N) is 2. The number of carbonyl (C=O) groups excluding carboxylic acids is 2. The summed E-state index contributed by atoms with van der Waals surface area (Å²) in [5, 5.41) is 8.21. The Hall–Kier alpha value is -2.71. The molecule has 0 radical (unpaired) electrons. The maximum atomic E-state index is 13.1. The fourth-order valence-corrected chi connectivity index (χ4v) is 5.70. The maximum Gasteiger partial charge on any atom is 0.307 e. The van der Waals surface area contributed by atoms with Gasteiger partial charge in [-0.15, -0.1) is 11.3 Å². The molecule has 0 fully saturated rings. The van der Waals surface area contributed by atoms with Crippen molar-refractivity contribution in [2.24, 2.45) is 0 Å². The third-order valence-electron chi connectivity index (χ3n) is 5.23. The summed E-state index contributed by atoms with van der Waals surface area (Å²) in [6.07, 6.45) is 3.91. The summed E-state index contributed by atoms with van der Waals surface area (Å²) in [6.45, 7) is 2.18. The number of anilines is 1. The van der Waals surface area contributed by atoms with E-state index in [4.69, 9.17) is 0 Å². The molecule has 1 aromatic carbocycles. The van der Waals surface area contributed by atoms with Gasteiger partial charge in [-0.05, 0) is 43.7 Å². The summed E-state index contributed by atoms with van der Waals surface area (Å²) in [4.78, 5) is 38.7. The smallest absolute Gasteiger partial charge is 0.307 e. The molecule has 8 heteroatoms. The van der Waals surface area contributed by atoms with Crippen LogP contribution in [0.4, 0.5) is 5.00 Å². The molecule has 1 aliphatic rings. The van der Waals surface area contributed by atoms with Gasteiger partial charge in [0.25, 0.3) is 5.91 Å². The van der Waals surface area contributed by atoms with Crippen LogP contribution in [0, 0.1) is 6.92 Å². The lowest BCUT2D eigenvalue weighted by Gasteiger charge is -2.13. The van der Waals surface area contributed by atoms with E-state index in [0.29, 0.717) is 17.1 Å². The van der Waals surface area contributed by atoms with E-state index >= 15 is 0 Å². The van der Waals surface area contributed by atoms with Gasteiger partial charge >= 0.3 is 4.87 Å². The van der Waals surface area contributed by atoms with Crippen LogP contribution in [-0.4, -0.2) is 16.4 Å². The second-order valence-corrected chi connectivity index (χ2v) is 9.29. The Morgan fingerprint density at radius 3 is 2.63 bits per heavy atom. The highest BCUT2D eigenvalue weighted by Gasteiger charge is 2.26. The summed E-state index contributed by atoms with van der Waals surface area (Å²) >= 11 is 2.56. The van der Waals surface area contributed by atoms with Crippen molar-refractivity contribution in [3.8, 4) is 0 Å². The van der Waals surface area contributed by atoms with E-state index in [-0.39, 0.29) is 23.2 Å². The number of rotatable bonds is 6. The topological polar surface area (TPSA) is 80.2 Å². The Kier molecular flexibility index (Phi) is 6.15. The van der Waals surface area contributed by atoms with Crippen molar-refractivity contribution in [1.82, 2.24) is 9.88 Å². The highest BCUT2D eigenvalue weighted by molar-refractivity contribution is 7.17. The zero-order valence-electron chi connectivity index (χ0n) is 16.7. The molecule has 0 unspecified atom stereocenters. The van der Waals surface area contributed by atoms with Gasteiger partial charge in [0, 0.05) is 22.5 Å². The van der Waals surface area contributed by atoms with Crippen molar-refractivity contribution in [2.75, 3.05) is 5.32 Å². The van der Waals surface area contributed by atoms with Gasteiger partial charge in [0.15, 0.2) is 0 Å². The quantitative estimate of drug-likeness (QED) is 0.612. The normalized spacial score (nSPS) is 13.0. The molecule has 156 valence electrons. The molecule has 0 spiro atoms. The third-order valence-corrected chi connectivity index (χ3v) is 7.31. The van der Waals surface area contributed by atoms with Crippen LogP contribution in [-0.2, 0) is 30.7 Å². The third kappa shape index (κ3) is 4.39. The molecule has 0 bridgehead atoms. The molecular formula is C22H23N3O3S2. The van der Waals surface area contributed by atoms with E-state index < -0.39 is 0 Å². The molecule has 6 nitrogen and oxygen atoms in total. The molecular weight excluding hydrogens is 418 g/mol. The van der Waals surface area contributed by atoms with Gasteiger partial charge in [0.1, 0.15) is 11.5 Å².